The Morgan fingerprint density at radius 1 is 1.42 bits per heavy atom. The quantitative estimate of drug-likeness (QED) is 0.737. The lowest BCUT2D eigenvalue weighted by Gasteiger charge is -2.45. The molecule has 1 rings (SSSR count). The Hall–Kier alpha value is -0.160. The van der Waals surface area contributed by atoms with E-state index in [2.05, 4.69) is 44.8 Å². The molecule has 114 valence electrons. The molecule has 0 saturated carbocycles. The topological polar surface area (TPSA) is 44.7 Å². The molecule has 0 radical (unpaired) electrons. The van der Waals surface area contributed by atoms with Gasteiger partial charge in [-0.25, -0.2) is 0 Å². The van der Waals surface area contributed by atoms with E-state index in [0.29, 0.717) is 0 Å². The standard InChI is InChI=1S/C15H32N2O2/c1-6-15(5,10-16-7-2)12-17-8-13(9-18)19-14(3,4)11-17/h13,16,18H,6-12H2,1-5H3. The molecule has 0 bridgehead atoms. The number of hydrogen-bond acceptors (Lipinski definition) is 4. The van der Waals surface area contributed by atoms with Gasteiger partial charge in [-0.3, -0.25) is 4.90 Å². The molecule has 1 saturated heterocycles. The number of rotatable bonds is 7. The van der Waals surface area contributed by atoms with Gasteiger partial charge in [0.15, 0.2) is 0 Å². The van der Waals surface area contributed by atoms with Gasteiger partial charge in [-0.15, -0.1) is 0 Å². The molecule has 0 aromatic carbocycles. The summed E-state index contributed by atoms with van der Waals surface area (Å²) in [6, 6.07) is 0. The van der Waals surface area contributed by atoms with Crippen LogP contribution >= 0.6 is 0 Å². The molecular formula is C15H32N2O2. The van der Waals surface area contributed by atoms with E-state index in [1.165, 1.54) is 0 Å². The van der Waals surface area contributed by atoms with Crippen molar-refractivity contribution in [1.29, 1.82) is 0 Å². The van der Waals surface area contributed by atoms with Gasteiger partial charge in [-0.1, -0.05) is 20.8 Å². The van der Waals surface area contributed by atoms with Crippen LogP contribution in [0.4, 0.5) is 0 Å². The minimum absolute atomic E-state index is 0.0519. The maximum absolute atomic E-state index is 9.37. The van der Waals surface area contributed by atoms with E-state index in [9.17, 15) is 5.11 Å². The van der Waals surface area contributed by atoms with Crippen molar-refractivity contribution >= 4 is 0 Å². The first-order valence-corrected chi connectivity index (χ1v) is 7.56. The molecule has 2 atom stereocenters. The zero-order valence-electron chi connectivity index (χ0n) is 13.3. The molecule has 4 nitrogen and oxygen atoms in total. The lowest BCUT2D eigenvalue weighted by atomic mass is 9.86. The minimum atomic E-state index is -0.168. The molecule has 0 aliphatic carbocycles. The number of nitrogens with one attached hydrogen (secondary N) is 1. The molecule has 0 aromatic heterocycles. The van der Waals surface area contributed by atoms with E-state index in [-0.39, 0.29) is 23.7 Å². The summed E-state index contributed by atoms with van der Waals surface area (Å²) in [7, 11) is 0. The Bertz CT molecular complexity index is 271. The van der Waals surface area contributed by atoms with E-state index in [1.54, 1.807) is 0 Å². The van der Waals surface area contributed by atoms with Gasteiger partial charge in [-0.05, 0) is 32.2 Å². The fourth-order valence-corrected chi connectivity index (χ4v) is 2.89. The predicted octanol–water partition coefficient (Wildman–Crippen LogP) is 1.48. The van der Waals surface area contributed by atoms with Crippen LogP contribution in [0.3, 0.4) is 0 Å². The Balaban J connectivity index is 2.62. The molecular weight excluding hydrogens is 240 g/mol. The van der Waals surface area contributed by atoms with Crippen LogP contribution in [-0.4, -0.2) is 61.0 Å². The Kier molecular flexibility index (Phi) is 6.24. The normalized spacial score (nSPS) is 27.2. The highest BCUT2D eigenvalue weighted by Gasteiger charge is 2.35. The van der Waals surface area contributed by atoms with Crippen molar-refractivity contribution in [3.63, 3.8) is 0 Å². The van der Waals surface area contributed by atoms with E-state index in [4.69, 9.17) is 4.74 Å². The van der Waals surface area contributed by atoms with Crippen LogP contribution in [0.15, 0.2) is 0 Å². The maximum Gasteiger partial charge on any atom is 0.0940 e. The zero-order chi connectivity index (χ0) is 14.5. The molecule has 1 fully saturated rings. The Labute approximate surface area is 118 Å². The van der Waals surface area contributed by atoms with Crippen LogP contribution in [-0.2, 0) is 4.74 Å². The second kappa shape index (κ2) is 7.02. The molecule has 4 heteroatoms. The SMILES string of the molecule is CCNCC(C)(CC)CN1CC(CO)OC(C)(C)C1. The molecule has 2 unspecified atom stereocenters. The first kappa shape index (κ1) is 16.9. The fraction of sp³-hybridized carbons (Fsp3) is 1.00. The lowest BCUT2D eigenvalue weighted by Crippen LogP contribution is -2.56. The highest BCUT2D eigenvalue weighted by atomic mass is 16.5. The van der Waals surface area contributed by atoms with Gasteiger partial charge in [0.1, 0.15) is 0 Å². The average Bonchev–Trinajstić information content (AvgIpc) is 2.34. The van der Waals surface area contributed by atoms with Crippen LogP contribution in [0.2, 0.25) is 0 Å². The monoisotopic (exact) mass is 272 g/mol. The molecule has 1 heterocycles. The third-order valence-electron chi connectivity index (χ3n) is 4.02. The summed E-state index contributed by atoms with van der Waals surface area (Å²) in [4.78, 5) is 2.45. The van der Waals surface area contributed by atoms with Crippen LogP contribution in [0.1, 0.15) is 41.0 Å². The summed E-state index contributed by atoms with van der Waals surface area (Å²) in [6.07, 6.45) is 1.10. The van der Waals surface area contributed by atoms with Gasteiger partial charge in [0.05, 0.1) is 18.3 Å². The van der Waals surface area contributed by atoms with Crippen LogP contribution in [0.25, 0.3) is 0 Å². The van der Waals surface area contributed by atoms with Crippen molar-refractivity contribution in [2.75, 3.05) is 39.3 Å². The Morgan fingerprint density at radius 3 is 2.63 bits per heavy atom. The summed E-state index contributed by atoms with van der Waals surface area (Å²) in [6.45, 7) is 16.0. The first-order valence-electron chi connectivity index (χ1n) is 7.56. The molecule has 2 N–H and O–H groups in total. The summed E-state index contributed by atoms with van der Waals surface area (Å²) < 4.78 is 5.88. The number of morpholine rings is 1. The van der Waals surface area contributed by atoms with E-state index in [1.807, 2.05) is 0 Å². The van der Waals surface area contributed by atoms with Gasteiger partial charge in [0.25, 0.3) is 0 Å². The summed E-state index contributed by atoms with van der Waals surface area (Å²) in [5.41, 5.74) is 0.113. The number of hydrogen-bond donors (Lipinski definition) is 2. The van der Waals surface area contributed by atoms with Crippen molar-refractivity contribution in [3.05, 3.63) is 0 Å². The largest absolute Gasteiger partial charge is 0.394 e. The van der Waals surface area contributed by atoms with Crippen molar-refractivity contribution in [2.45, 2.75) is 52.7 Å². The second-order valence-electron chi connectivity index (χ2n) is 6.80. The molecule has 1 aliphatic rings. The third-order valence-corrected chi connectivity index (χ3v) is 4.02. The molecule has 0 amide bonds. The Morgan fingerprint density at radius 2 is 2.11 bits per heavy atom. The number of aliphatic hydroxyl groups excluding tert-OH is 1. The highest BCUT2D eigenvalue weighted by Crippen LogP contribution is 2.27. The molecule has 1 aliphatic heterocycles. The highest BCUT2D eigenvalue weighted by molar-refractivity contribution is 4.88. The van der Waals surface area contributed by atoms with Gasteiger partial charge >= 0.3 is 0 Å². The fourth-order valence-electron chi connectivity index (χ4n) is 2.89. The maximum atomic E-state index is 9.37. The van der Waals surface area contributed by atoms with Crippen LogP contribution in [0.5, 0.6) is 0 Å². The smallest absolute Gasteiger partial charge is 0.0940 e. The van der Waals surface area contributed by atoms with Crippen molar-refractivity contribution in [3.8, 4) is 0 Å². The summed E-state index contributed by atoms with van der Waals surface area (Å²) in [5.74, 6) is 0. The van der Waals surface area contributed by atoms with E-state index in [0.717, 1.165) is 39.1 Å². The van der Waals surface area contributed by atoms with Gasteiger partial charge in [0, 0.05) is 26.2 Å². The zero-order valence-corrected chi connectivity index (χ0v) is 13.3. The van der Waals surface area contributed by atoms with Crippen LogP contribution < -0.4 is 5.32 Å². The van der Waals surface area contributed by atoms with Crippen LogP contribution in [0, 0.1) is 5.41 Å². The van der Waals surface area contributed by atoms with Crippen molar-refractivity contribution in [2.24, 2.45) is 5.41 Å². The summed E-state index contributed by atoms with van der Waals surface area (Å²) in [5, 5.41) is 12.8. The average molecular weight is 272 g/mol. The molecule has 19 heavy (non-hydrogen) atoms. The van der Waals surface area contributed by atoms with Gasteiger partial charge in [-0.2, -0.15) is 0 Å². The molecule has 0 spiro atoms. The summed E-state index contributed by atoms with van der Waals surface area (Å²) >= 11 is 0. The minimum Gasteiger partial charge on any atom is -0.394 e. The second-order valence-corrected chi connectivity index (χ2v) is 6.80. The number of aliphatic hydroxyl groups is 1. The number of ether oxygens (including phenoxy) is 1. The van der Waals surface area contributed by atoms with Crippen molar-refractivity contribution < 1.29 is 9.84 Å². The van der Waals surface area contributed by atoms with Crippen molar-refractivity contribution in [1.82, 2.24) is 10.2 Å². The predicted molar refractivity (Wildman–Crippen MR) is 79.4 cm³/mol. The van der Waals surface area contributed by atoms with Gasteiger partial charge < -0.3 is 15.2 Å². The lowest BCUT2D eigenvalue weighted by molar-refractivity contribution is -0.153. The van der Waals surface area contributed by atoms with E-state index >= 15 is 0 Å². The molecule has 0 aromatic rings. The van der Waals surface area contributed by atoms with Gasteiger partial charge in [0.2, 0.25) is 0 Å². The third kappa shape index (κ3) is 5.38. The number of nitrogens with zero attached hydrogens (tertiary/aromatic N) is 1. The van der Waals surface area contributed by atoms with E-state index < -0.39 is 0 Å². The first-order chi connectivity index (χ1) is 8.84.